The van der Waals surface area contributed by atoms with Gasteiger partial charge in [-0.15, -0.1) is 0 Å². The first-order chi connectivity index (χ1) is 19.8. The van der Waals surface area contributed by atoms with Crippen molar-refractivity contribution >= 4 is 28.8 Å². The second-order valence-corrected chi connectivity index (χ2v) is 11.2. The molecule has 3 N–H and O–H groups in total. The summed E-state index contributed by atoms with van der Waals surface area (Å²) >= 11 is 0. The summed E-state index contributed by atoms with van der Waals surface area (Å²) in [6, 6.07) is 6.78. The largest absolute Gasteiger partial charge is 0.494 e. The molecule has 1 unspecified atom stereocenters. The van der Waals surface area contributed by atoms with Gasteiger partial charge in [0.2, 0.25) is 5.91 Å². The Bertz CT molecular complexity index is 1350. The first-order valence-electron chi connectivity index (χ1n) is 14.4. The minimum absolute atomic E-state index is 0.174. The second-order valence-electron chi connectivity index (χ2n) is 11.2. The molecule has 1 fully saturated rings. The molecular formula is C31H42N8O2. The molecule has 10 heteroatoms. The third kappa shape index (κ3) is 6.23. The standard InChI is InChI=1S/C31H42N8O2/c1-7-31(40)36-25-15-26(29(41-6)17-28(25)37(4)23-10-12-39(13-11-23)20(2)3)35-30-16-24(32-19-33-30)21-8-9-27-22(14-21)18-34-38(27)5/h7-9,15-17,19-21,23,34H,1,10-14,18H2,2-6H3,(H,36,40)(H,32,33,35). The fourth-order valence-electron chi connectivity index (χ4n) is 5.96. The molecule has 41 heavy (non-hydrogen) atoms. The number of amides is 1. The Morgan fingerprint density at radius 2 is 2.00 bits per heavy atom. The highest BCUT2D eigenvalue weighted by molar-refractivity contribution is 6.02. The van der Waals surface area contributed by atoms with Crippen molar-refractivity contribution in [2.24, 2.45) is 0 Å². The molecule has 2 aliphatic heterocycles. The van der Waals surface area contributed by atoms with Crippen LogP contribution in [0.2, 0.25) is 0 Å². The van der Waals surface area contributed by atoms with Crippen LogP contribution in [-0.4, -0.2) is 78.7 Å². The van der Waals surface area contributed by atoms with Gasteiger partial charge in [-0.1, -0.05) is 12.7 Å². The first kappa shape index (κ1) is 28.6. The van der Waals surface area contributed by atoms with E-state index in [0.29, 0.717) is 35.0 Å². The first-order valence-corrected chi connectivity index (χ1v) is 14.4. The summed E-state index contributed by atoms with van der Waals surface area (Å²) in [6.45, 7) is 11.1. The molecule has 1 saturated heterocycles. The van der Waals surface area contributed by atoms with Crippen LogP contribution in [-0.2, 0) is 4.79 Å². The molecule has 0 radical (unpaired) electrons. The van der Waals surface area contributed by atoms with Gasteiger partial charge in [-0.3, -0.25) is 4.79 Å². The van der Waals surface area contributed by atoms with Crippen molar-refractivity contribution in [1.29, 1.82) is 0 Å². The average molecular weight is 559 g/mol. The Balaban J connectivity index is 1.39. The van der Waals surface area contributed by atoms with Gasteiger partial charge in [-0.2, -0.15) is 0 Å². The molecule has 0 saturated carbocycles. The predicted molar refractivity (Wildman–Crippen MR) is 165 cm³/mol. The number of carbonyl (C=O) groups is 1. The summed E-state index contributed by atoms with van der Waals surface area (Å²) in [5.74, 6) is 1.23. The van der Waals surface area contributed by atoms with Gasteiger partial charge in [-0.05, 0) is 56.9 Å². The van der Waals surface area contributed by atoms with Crippen molar-refractivity contribution in [2.45, 2.75) is 51.1 Å². The molecule has 1 aromatic carbocycles. The van der Waals surface area contributed by atoms with E-state index in [9.17, 15) is 4.79 Å². The van der Waals surface area contributed by atoms with Crippen LogP contribution in [0.1, 0.15) is 44.7 Å². The molecule has 2 aromatic rings. The van der Waals surface area contributed by atoms with Gasteiger partial charge >= 0.3 is 0 Å². The summed E-state index contributed by atoms with van der Waals surface area (Å²) in [4.78, 5) is 26.3. The fraction of sp³-hybridized carbons (Fsp3) is 0.452. The Hall–Kier alpha value is -3.89. The number of carbonyl (C=O) groups excluding carboxylic acids is 1. The predicted octanol–water partition coefficient (Wildman–Crippen LogP) is 4.41. The third-order valence-corrected chi connectivity index (χ3v) is 8.45. The average Bonchev–Trinajstić information content (AvgIpc) is 3.36. The molecule has 3 heterocycles. The van der Waals surface area contributed by atoms with E-state index in [1.54, 1.807) is 13.4 Å². The number of benzene rings is 1. The lowest BCUT2D eigenvalue weighted by Gasteiger charge is -2.40. The molecule has 1 aliphatic carbocycles. The van der Waals surface area contributed by atoms with Gasteiger partial charge in [-0.25, -0.2) is 15.4 Å². The summed E-state index contributed by atoms with van der Waals surface area (Å²) in [5.41, 5.74) is 9.22. The summed E-state index contributed by atoms with van der Waals surface area (Å²) in [6.07, 6.45) is 10.3. The lowest BCUT2D eigenvalue weighted by atomic mass is 9.90. The minimum atomic E-state index is -0.264. The zero-order valence-corrected chi connectivity index (χ0v) is 24.8. The lowest BCUT2D eigenvalue weighted by Crippen LogP contribution is -2.45. The SMILES string of the molecule is C=CC(=O)Nc1cc(Nc2cc(C3C=CC4=C(CNN4C)C3)ncn2)c(OC)cc1N(C)C1CCN(C(C)C)CC1. The molecule has 3 aliphatic rings. The summed E-state index contributed by atoms with van der Waals surface area (Å²) in [7, 11) is 5.79. The van der Waals surface area contributed by atoms with Crippen LogP contribution in [0.5, 0.6) is 5.75 Å². The number of piperidine rings is 1. The lowest BCUT2D eigenvalue weighted by molar-refractivity contribution is -0.111. The Labute approximate surface area is 243 Å². The maximum Gasteiger partial charge on any atom is 0.247 e. The van der Waals surface area contributed by atoms with E-state index in [1.807, 2.05) is 25.2 Å². The number of hydrazine groups is 1. The van der Waals surface area contributed by atoms with Gasteiger partial charge < -0.3 is 30.2 Å². The molecule has 1 amide bonds. The number of nitrogens with one attached hydrogen (secondary N) is 3. The van der Waals surface area contributed by atoms with Crippen LogP contribution < -0.4 is 25.7 Å². The zero-order valence-electron chi connectivity index (χ0n) is 24.8. The molecule has 10 nitrogen and oxygen atoms in total. The van der Waals surface area contributed by atoms with E-state index in [2.05, 4.69) is 80.5 Å². The monoisotopic (exact) mass is 558 g/mol. The third-order valence-electron chi connectivity index (χ3n) is 8.45. The van der Waals surface area contributed by atoms with Crippen molar-refractivity contribution in [3.05, 3.63) is 66.3 Å². The Morgan fingerprint density at radius 3 is 2.71 bits per heavy atom. The van der Waals surface area contributed by atoms with Crippen LogP contribution >= 0.6 is 0 Å². The number of anilines is 4. The molecule has 5 rings (SSSR count). The molecular weight excluding hydrogens is 516 g/mol. The van der Waals surface area contributed by atoms with Crippen LogP contribution in [0, 0.1) is 0 Å². The molecule has 0 bridgehead atoms. The maximum atomic E-state index is 12.4. The normalized spacial score (nSPS) is 19.4. The van der Waals surface area contributed by atoms with E-state index in [-0.39, 0.29) is 11.8 Å². The van der Waals surface area contributed by atoms with Gasteiger partial charge in [0.25, 0.3) is 0 Å². The van der Waals surface area contributed by atoms with Crippen molar-refractivity contribution in [2.75, 3.05) is 56.4 Å². The van der Waals surface area contributed by atoms with Gasteiger partial charge in [0.15, 0.2) is 0 Å². The van der Waals surface area contributed by atoms with E-state index in [1.165, 1.54) is 17.3 Å². The van der Waals surface area contributed by atoms with Gasteiger partial charge in [0.05, 0.1) is 35.6 Å². The number of rotatable bonds is 9. The highest BCUT2D eigenvalue weighted by Crippen LogP contribution is 2.40. The van der Waals surface area contributed by atoms with Gasteiger partial charge in [0.1, 0.15) is 17.9 Å². The number of likely N-dealkylation sites (N-methyl/N-ethyl adjacent to an activating group) is 1. The van der Waals surface area contributed by atoms with Crippen molar-refractivity contribution < 1.29 is 9.53 Å². The van der Waals surface area contributed by atoms with Crippen LogP contribution in [0.3, 0.4) is 0 Å². The minimum Gasteiger partial charge on any atom is -0.494 e. The topological polar surface area (TPSA) is 97.9 Å². The van der Waals surface area contributed by atoms with E-state index in [4.69, 9.17) is 4.74 Å². The smallest absolute Gasteiger partial charge is 0.247 e. The maximum absolute atomic E-state index is 12.4. The van der Waals surface area contributed by atoms with E-state index in [0.717, 1.165) is 50.3 Å². The molecule has 0 spiro atoms. The summed E-state index contributed by atoms with van der Waals surface area (Å²) in [5, 5.41) is 8.50. The molecule has 1 aromatic heterocycles. The number of methoxy groups -OCH3 is 1. The number of hydrogen-bond donors (Lipinski definition) is 3. The number of likely N-dealkylation sites (tertiary alicyclic amines) is 1. The molecule has 218 valence electrons. The van der Waals surface area contributed by atoms with Crippen molar-refractivity contribution in [3.8, 4) is 5.75 Å². The highest BCUT2D eigenvalue weighted by atomic mass is 16.5. The van der Waals surface area contributed by atoms with Gasteiger partial charge in [0, 0.05) is 63.9 Å². The quantitative estimate of drug-likeness (QED) is 0.387. The molecule has 1 atom stereocenters. The number of aromatic nitrogens is 2. The number of allylic oxidation sites excluding steroid dienone is 2. The number of nitrogens with zero attached hydrogens (tertiary/aromatic N) is 5. The van der Waals surface area contributed by atoms with Crippen LogP contribution in [0.25, 0.3) is 0 Å². The number of hydrogen-bond acceptors (Lipinski definition) is 9. The number of ether oxygens (including phenoxy) is 1. The van der Waals surface area contributed by atoms with Crippen molar-refractivity contribution in [3.63, 3.8) is 0 Å². The second kappa shape index (κ2) is 12.3. The van der Waals surface area contributed by atoms with E-state index < -0.39 is 0 Å². The Kier molecular flexibility index (Phi) is 8.60. The fourth-order valence-corrected chi connectivity index (χ4v) is 5.96. The van der Waals surface area contributed by atoms with Crippen LogP contribution in [0.15, 0.2) is 60.6 Å². The zero-order chi connectivity index (χ0) is 29.1. The summed E-state index contributed by atoms with van der Waals surface area (Å²) < 4.78 is 5.83. The van der Waals surface area contributed by atoms with Crippen LogP contribution in [0.4, 0.5) is 22.9 Å². The Morgan fingerprint density at radius 1 is 1.22 bits per heavy atom. The highest BCUT2D eigenvalue weighted by Gasteiger charge is 2.27. The van der Waals surface area contributed by atoms with Crippen molar-refractivity contribution in [1.82, 2.24) is 25.3 Å². The van der Waals surface area contributed by atoms with E-state index >= 15 is 0 Å².